The molecule has 1 aliphatic carbocycles. The summed E-state index contributed by atoms with van der Waals surface area (Å²) in [5.41, 5.74) is 0. The zero-order valence-electron chi connectivity index (χ0n) is 8.70. The van der Waals surface area contributed by atoms with Crippen molar-refractivity contribution in [2.24, 2.45) is 16.8 Å². The summed E-state index contributed by atoms with van der Waals surface area (Å²) in [5, 5.41) is 2.71. The quantitative estimate of drug-likeness (QED) is 0.714. The molecule has 3 heteroatoms. The fraction of sp³-hybridized carbons (Fsp3) is 0.818. The number of hydrogen-bond acceptors (Lipinski definition) is 2. The maximum atomic E-state index is 11.6. The third kappa shape index (κ3) is 1.68. The van der Waals surface area contributed by atoms with Crippen LogP contribution in [0.25, 0.3) is 0 Å². The van der Waals surface area contributed by atoms with E-state index in [2.05, 4.69) is 17.2 Å². The highest BCUT2D eigenvalue weighted by Crippen LogP contribution is 2.35. The van der Waals surface area contributed by atoms with E-state index in [9.17, 15) is 4.79 Å². The third-order valence-corrected chi connectivity index (χ3v) is 3.43. The first kappa shape index (κ1) is 9.69. The van der Waals surface area contributed by atoms with E-state index in [0.717, 1.165) is 6.42 Å². The van der Waals surface area contributed by atoms with Crippen molar-refractivity contribution in [3.63, 3.8) is 0 Å². The van der Waals surface area contributed by atoms with Crippen LogP contribution in [0.4, 0.5) is 0 Å². The summed E-state index contributed by atoms with van der Waals surface area (Å²) in [7, 11) is 0. The topological polar surface area (TPSA) is 41.5 Å². The van der Waals surface area contributed by atoms with Crippen molar-refractivity contribution in [3.8, 4) is 0 Å². The largest absolute Gasteiger partial charge is 0.317 e. The highest BCUT2D eigenvalue weighted by molar-refractivity contribution is 5.91. The molecule has 2 rings (SSSR count). The first-order valence-corrected chi connectivity index (χ1v) is 5.65. The van der Waals surface area contributed by atoms with Crippen molar-refractivity contribution in [2.45, 2.75) is 45.1 Å². The molecule has 0 aromatic heterocycles. The Balaban J connectivity index is 2.11. The average Bonchev–Trinajstić information content (AvgIpc) is 2.20. The van der Waals surface area contributed by atoms with Crippen molar-refractivity contribution in [1.29, 1.82) is 0 Å². The molecule has 0 bridgehead atoms. The summed E-state index contributed by atoms with van der Waals surface area (Å²) in [5.74, 6) is 0.983. The van der Waals surface area contributed by atoms with Gasteiger partial charge in [0.1, 0.15) is 0 Å². The third-order valence-electron chi connectivity index (χ3n) is 3.43. The Labute approximate surface area is 85.0 Å². The lowest BCUT2D eigenvalue weighted by molar-refractivity contribution is -0.126. The number of aliphatic imine (C=N–C) groups is 1. The van der Waals surface area contributed by atoms with Crippen LogP contribution in [0.5, 0.6) is 0 Å². The van der Waals surface area contributed by atoms with Gasteiger partial charge in [-0.1, -0.05) is 19.8 Å². The molecular formula is C11H18N2O. The fourth-order valence-corrected chi connectivity index (χ4v) is 2.76. The molecule has 2 aliphatic rings. The van der Waals surface area contributed by atoms with E-state index in [4.69, 9.17) is 0 Å². The van der Waals surface area contributed by atoms with Crippen molar-refractivity contribution >= 4 is 12.2 Å². The Morgan fingerprint density at radius 2 is 2.43 bits per heavy atom. The maximum Gasteiger partial charge on any atom is 0.230 e. The molecule has 14 heavy (non-hydrogen) atoms. The molecule has 1 aliphatic heterocycles. The van der Waals surface area contributed by atoms with Crippen molar-refractivity contribution in [1.82, 2.24) is 5.32 Å². The molecule has 1 N–H and O–H groups in total. The number of carbonyl (C=O) groups excluding carboxylic acids is 1. The minimum Gasteiger partial charge on any atom is -0.317 e. The molecule has 0 aromatic carbocycles. The molecule has 0 radical (unpaired) electrons. The molecule has 3 atom stereocenters. The highest BCUT2D eigenvalue weighted by atomic mass is 16.2. The van der Waals surface area contributed by atoms with E-state index in [-0.39, 0.29) is 17.9 Å². The standard InChI is InChI=1S/C11H18N2O/c1-2-4-8-5-3-6-9-10(8)12-7-13-11(9)14/h7-10H,2-6H2,1H3,(H,12,13,14). The number of nitrogens with zero attached hydrogens (tertiary/aromatic N) is 1. The van der Waals surface area contributed by atoms with Crippen molar-refractivity contribution < 1.29 is 4.79 Å². The average molecular weight is 194 g/mol. The van der Waals surface area contributed by atoms with Gasteiger partial charge in [0, 0.05) is 0 Å². The molecule has 0 spiro atoms. The predicted molar refractivity (Wildman–Crippen MR) is 56.2 cm³/mol. The maximum absolute atomic E-state index is 11.6. The van der Waals surface area contributed by atoms with E-state index in [1.54, 1.807) is 6.34 Å². The van der Waals surface area contributed by atoms with E-state index in [1.165, 1.54) is 25.7 Å². The fourth-order valence-electron chi connectivity index (χ4n) is 2.76. The van der Waals surface area contributed by atoms with Gasteiger partial charge in [0.2, 0.25) is 5.91 Å². The second-order valence-corrected chi connectivity index (χ2v) is 4.36. The number of nitrogens with one attached hydrogen (secondary N) is 1. The second-order valence-electron chi connectivity index (χ2n) is 4.36. The SMILES string of the molecule is CCCC1CCCC2C(=O)NC=NC12. The highest BCUT2D eigenvalue weighted by Gasteiger charge is 2.38. The molecule has 1 fully saturated rings. The number of rotatable bonds is 2. The number of fused-ring (bicyclic) bond motifs is 1. The second kappa shape index (κ2) is 4.11. The number of hydrogen-bond donors (Lipinski definition) is 1. The molecule has 0 aromatic rings. The number of amides is 1. The summed E-state index contributed by atoms with van der Waals surface area (Å²) in [6, 6.07) is 0.275. The Kier molecular flexibility index (Phi) is 2.85. The zero-order chi connectivity index (χ0) is 9.97. The van der Waals surface area contributed by atoms with E-state index in [0.29, 0.717) is 5.92 Å². The van der Waals surface area contributed by atoms with Crippen LogP contribution >= 0.6 is 0 Å². The molecule has 3 nitrogen and oxygen atoms in total. The smallest absolute Gasteiger partial charge is 0.230 e. The minimum atomic E-state index is 0.158. The van der Waals surface area contributed by atoms with Crippen LogP contribution in [-0.2, 0) is 4.79 Å². The molecule has 3 unspecified atom stereocenters. The van der Waals surface area contributed by atoms with Crippen LogP contribution < -0.4 is 5.32 Å². The van der Waals surface area contributed by atoms with Gasteiger partial charge in [-0.15, -0.1) is 0 Å². The molecule has 0 saturated heterocycles. The van der Waals surface area contributed by atoms with Crippen LogP contribution in [0.2, 0.25) is 0 Å². The molecule has 1 amide bonds. The Hall–Kier alpha value is -0.860. The van der Waals surface area contributed by atoms with Gasteiger partial charge in [-0.3, -0.25) is 9.79 Å². The van der Waals surface area contributed by atoms with E-state index >= 15 is 0 Å². The van der Waals surface area contributed by atoms with Gasteiger partial charge in [0.15, 0.2) is 0 Å². The summed E-state index contributed by atoms with van der Waals surface area (Å²) in [6.45, 7) is 2.20. The normalized spacial score (nSPS) is 36.4. The number of carbonyl (C=O) groups is 1. The van der Waals surface area contributed by atoms with Crippen LogP contribution in [-0.4, -0.2) is 18.3 Å². The summed E-state index contributed by atoms with van der Waals surface area (Å²) in [4.78, 5) is 16.0. The lowest BCUT2D eigenvalue weighted by Gasteiger charge is -2.36. The van der Waals surface area contributed by atoms with Crippen molar-refractivity contribution in [2.75, 3.05) is 0 Å². The van der Waals surface area contributed by atoms with Gasteiger partial charge >= 0.3 is 0 Å². The molecule has 1 heterocycles. The van der Waals surface area contributed by atoms with Crippen LogP contribution in [0.3, 0.4) is 0 Å². The van der Waals surface area contributed by atoms with Crippen LogP contribution in [0, 0.1) is 11.8 Å². The Morgan fingerprint density at radius 3 is 3.21 bits per heavy atom. The first-order chi connectivity index (χ1) is 6.83. The van der Waals surface area contributed by atoms with Gasteiger partial charge < -0.3 is 5.32 Å². The first-order valence-electron chi connectivity index (χ1n) is 5.65. The molecular weight excluding hydrogens is 176 g/mol. The zero-order valence-corrected chi connectivity index (χ0v) is 8.70. The van der Waals surface area contributed by atoms with Gasteiger partial charge in [0.05, 0.1) is 18.3 Å². The lowest BCUT2D eigenvalue weighted by atomic mass is 9.74. The van der Waals surface area contributed by atoms with Gasteiger partial charge in [-0.25, -0.2) is 0 Å². The molecule has 1 saturated carbocycles. The van der Waals surface area contributed by atoms with Gasteiger partial charge in [-0.05, 0) is 25.2 Å². The van der Waals surface area contributed by atoms with E-state index in [1.807, 2.05) is 0 Å². The monoisotopic (exact) mass is 194 g/mol. The summed E-state index contributed by atoms with van der Waals surface area (Å²) in [6.07, 6.45) is 7.47. The minimum absolute atomic E-state index is 0.158. The molecule has 78 valence electrons. The van der Waals surface area contributed by atoms with Crippen LogP contribution in [0.1, 0.15) is 39.0 Å². The van der Waals surface area contributed by atoms with Gasteiger partial charge in [0.25, 0.3) is 0 Å². The Bertz CT molecular complexity index is 248. The van der Waals surface area contributed by atoms with Gasteiger partial charge in [-0.2, -0.15) is 0 Å². The Morgan fingerprint density at radius 1 is 1.57 bits per heavy atom. The van der Waals surface area contributed by atoms with E-state index < -0.39 is 0 Å². The predicted octanol–water partition coefficient (Wildman–Crippen LogP) is 1.73. The van der Waals surface area contributed by atoms with Crippen LogP contribution in [0.15, 0.2) is 4.99 Å². The summed E-state index contributed by atoms with van der Waals surface area (Å²) < 4.78 is 0. The van der Waals surface area contributed by atoms with Crippen molar-refractivity contribution in [3.05, 3.63) is 0 Å². The summed E-state index contributed by atoms with van der Waals surface area (Å²) >= 11 is 0. The lowest BCUT2D eigenvalue weighted by Crippen LogP contribution is -2.46.